The van der Waals surface area contributed by atoms with Crippen LogP contribution in [0.2, 0.25) is 0 Å². The summed E-state index contributed by atoms with van der Waals surface area (Å²) in [5.41, 5.74) is 0.910. The number of carbonyl (C=O) groups excluding carboxylic acids is 1. The summed E-state index contributed by atoms with van der Waals surface area (Å²) in [4.78, 5) is 21.8. The highest BCUT2D eigenvalue weighted by molar-refractivity contribution is 7.91. The fourth-order valence-electron chi connectivity index (χ4n) is 4.33. The van der Waals surface area contributed by atoms with Crippen molar-refractivity contribution < 1.29 is 26.4 Å². The second-order valence-electron chi connectivity index (χ2n) is 8.69. The first-order valence-corrected chi connectivity index (χ1v) is 15.6. The maximum Gasteiger partial charge on any atom is 0.253 e. The van der Waals surface area contributed by atoms with Gasteiger partial charge in [-0.05, 0) is 36.4 Å². The molecule has 0 aliphatic carbocycles. The zero-order valence-corrected chi connectivity index (χ0v) is 22.1. The number of fused-ring (bicyclic) bond motifs is 1. The topological polar surface area (TPSA) is 117 Å². The SMILES string of the molecule is CS(=O)(=O)c1cccc2sc(N3CCN(C(=O)c4ccc(S(=O)(=O)N5CCOCC5)cc4)CC3)nc12. The number of hydrogen-bond donors (Lipinski definition) is 0. The van der Waals surface area contributed by atoms with Gasteiger partial charge in [0.15, 0.2) is 15.0 Å². The summed E-state index contributed by atoms with van der Waals surface area (Å²) in [6.07, 6.45) is 1.18. The molecule has 10 nitrogen and oxygen atoms in total. The largest absolute Gasteiger partial charge is 0.379 e. The molecule has 1 aromatic heterocycles. The number of thiazole rings is 1. The molecule has 0 saturated carbocycles. The van der Waals surface area contributed by atoms with Gasteiger partial charge in [0.25, 0.3) is 5.91 Å². The van der Waals surface area contributed by atoms with Gasteiger partial charge >= 0.3 is 0 Å². The van der Waals surface area contributed by atoms with E-state index in [2.05, 4.69) is 9.88 Å². The molecule has 0 bridgehead atoms. The van der Waals surface area contributed by atoms with Crippen molar-refractivity contribution in [3.8, 4) is 0 Å². The van der Waals surface area contributed by atoms with Gasteiger partial charge < -0.3 is 14.5 Å². The number of carbonyl (C=O) groups is 1. The normalized spacial score (nSPS) is 18.0. The Morgan fingerprint density at radius 2 is 1.58 bits per heavy atom. The molecule has 2 fully saturated rings. The Bertz CT molecular complexity index is 1490. The van der Waals surface area contributed by atoms with Crippen molar-refractivity contribution in [1.82, 2.24) is 14.2 Å². The Kier molecular flexibility index (Phi) is 6.76. The maximum atomic E-state index is 13.1. The zero-order valence-electron chi connectivity index (χ0n) is 19.7. The summed E-state index contributed by atoms with van der Waals surface area (Å²) in [7, 11) is -7.00. The van der Waals surface area contributed by atoms with Gasteiger partial charge in [-0.1, -0.05) is 17.4 Å². The third kappa shape index (κ3) is 4.85. The molecule has 3 heterocycles. The minimum Gasteiger partial charge on any atom is -0.379 e. The first-order valence-electron chi connectivity index (χ1n) is 11.5. The summed E-state index contributed by atoms with van der Waals surface area (Å²) in [5.74, 6) is -0.159. The molecule has 13 heteroatoms. The second kappa shape index (κ2) is 9.71. The maximum absolute atomic E-state index is 13.1. The number of amides is 1. The number of sulfonamides is 1. The molecule has 5 rings (SSSR count). The summed E-state index contributed by atoms with van der Waals surface area (Å²) in [6, 6.07) is 11.2. The number of benzene rings is 2. The van der Waals surface area contributed by atoms with E-state index < -0.39 is 19.9 Å². The average Bonchev–Trinajstić information content (AvgIpc) is 3.33. The van der Waals surface area contributed by atoms with Gasteiger partial charge in [-0.2, -0.15) is 4.31 Å². The molecular formula is C23H26N4O6S3. The van der Waals surface area contributed by atoms with Crippen LogP contribution in [0.15, 0.2) is 52.3 Å². The van der Waals surface area contributed by atoms with Crippen molar-refractivity contribution in [3.63, 3.8) is 0 Å². The third-order valence-corrected chi connectivity index (χ3v) is 10.4. The molecule has 3 aromatic rings. The number of morpholine rings is 1. The Hall–Kier alpha value is -2.58. The van der Waals surface area contributed by atoms with Crippen LogP contribution in [0.3, 0.4) is 0 Å². The number of sulfone groups is 1. The van der Waals surface area contributed by atoms with Crippen LogP contribution in [0.25, 0.3) is 10.2 Å². The molecule has 2 aliphatic rings. The van der Waals surface area contributed by atoms with Crippen LogP contribution < -0.4 is 4.90 Å². The van der Waals surface area contributed by atoms with Crippen LogP contribution in [0.1, 0.15) is 10.4 Å². The number of anilines is 1. The van der Waals surface area contributed by atoms with Crippen LogP contribution in [-0.2, 0) is 24.6 Å². The molecule has 36 heavy (non-hydrogen) atoms. The highest BCUT2D eigenvalue weighted by atomic mass is 32.2. The van der Waals surface area contributed by atoms with E-state index in [1.54, 1.807) is 29.2 Å². The average molecular weight is 551 g/mol. The van der Waals surface area contributed by atoms with Gasteiger partial charge in [0.2, 0.25) is 10.0 Å². The molecule has 0 radical (unpaired) electrons. The lowest BCUT2D eigenvalue weighted by atomic mass is 10.2. The Balaban J connectivity index is 1.25. The number of ether oxygens (including phenoxy) is 1. The van der Waals surface area contributed by atoms with Gasteiger partial charge in [-0.25, -0.2) is 21.8 Å². The summed E-state index contributed by atoms with van der Waals surface area (Å²) in [6.45, 7) is 3.44. The van der Waals surface area contributed by atoms with E-state index in [0.717, 1.165) is 9.83 Å². The second-order valence-corrected chi connectivity index (χ2v) is 13.6. The lowest BCUT2D eigenvalue weighted by Crippen LogP contribution is -2.48. The number of hydrogen-bond acceptors (Lipinski definition) is 9. The lowest BCUT2D eigenvalue weighted by molar-refractivity contribution is 0.0730. The fraction of sp³-hybridized carbons (Fsp3) is 0.391. The molecule has 2 aliphatic heterocycles. The molecule has 0 unspecified atom stereocenters. The van der Waals surface area contributed by atoms with E-state index in [0.29, 0.717) is 63.6 Å². The standard InChI is InChI=1S/C23H26N4O6S3/c1-35(29,30)20-4-2-3-19-21(20)24-23(34-19)26-11-9-25(10-12-26)22(28)17-5-7-18(8-6-17)36(31,32)27-13-15-33-16-14-27/h2-8H,9-16H2,1H3. The fourth-order valence-corrected chi connectivity index (χ4v) is 7.68. The van der Waals surface area contributed by atoms with Crippen LogP contribution in [0, 0.1) is 0 Å². The highest BCUT2D eigenvalue weighted by Gasteiger charge is 2.28. The number of nitrogens with zero attached hydrogens (tertiary/aromatic N) is 4. The number of para-hydroxylation sites is 1. The van der Waals surface area contributed by atoms with Gasteiger partial charge in [-0.15, -0.1) is 0 Å². The monoisotopic (exact) mass is 550 g/mol. The van der Waals surface area contributed by atoms with Gasteiger partial charge in [0, 0.05) is 51.1 Å². The number of piperazine rings is 1. The van der Waals surface area contributed by atoms with Crippen molar-refractivity contribution >= 4 is 52.5 Å². The van der Waals surface area contributed by atoms with Crippen LogP contribution >= 0.6 is 11.3 Å². The summed E-state index contributed by atoms with van der Waals surface area (Å²) < 4.78 is 57.3. The molecule has 2 aromatic carbocycles. The van der Waals surface area contributed by atoms with E-state index in [4.69, 9.17) is 4.74 Å². The number of aromatic nitrogens is 1. The predicted molar refractivity (Wildman–Crippen MR) is 137 cm³/mol. The molecular weight excluding hydrogens is 524 g/mol. The minimum atomic E-state index is -3.61. The van der Waals surface area contributed by atoms with Crippen molar-refractivity contribution in [2.24, 2.45) is 0 Å². The highest BCUT2D eigenvalue weighted by Crippen LogP contribution is 2.33. The van der Waals surface area contributed by atoms with Crippen molar-refractivity contribution in [1.29, 1.82) is 0 Å². The molecule has 2 saturated heterocycles. The zero-order chi connectivity index (χ0) is 25.5. The Morgan fingerprint density at radius 1 is 0.917 bits per heavy atom. The smallest absolute Gasteiger partial charge is 0.253 e. The predicted octanol–water partition coefficient (Wildman–Crippen LogP) is 1.68. The molecule has 1 amide bonds. The minimum absolute atomic E-state index is 0.159. The van der Waals surface area contributed by atoms with E-state index >= 15 is 0 Å². The third-order valence-electron chi connectivity index (χ3n) is 6.32. The first-order chi connectivity index (χ1) is 17.1. The molecule has 0 N–H and O–H groups in total. The molecule has 192 valence electrons. The van der Waals surface area contributed by atoms with E-state index in [1.807, 2.05) is 6.07 Å². The van der Waals surface area contributed by atoms with Crippen molar-refractivity contribution in [2.45, 2.75) is 9.79 Å². The van der Waals surface area contributed by atoms with Crippen LogP contribution in [0.5, 0.6) is 0 Å². The van der Waals surface area contributed by atoms with E-state index in [-0.39, 0.29) is 15.7 Å². The summed E-state index contributed by atoms with van der Waals surface area (Å²) >= 11 is 1.43. The Labute approximate surface area is 214 Å². The van der Waals surface area contributed by atoms with E-state index in [1.165, 1.54) is 34.0 Å². The van der Waals surface area contributed by atoms with Crippen molar-refractivity contribution in [2.75, 3.05) is 63.6 Å². The molecule has 0 atom stereocenters. The number of rotatable bonds is 5. The van der Waals surface area contributed by atoms with E-state index in [9.17, 15) is 21.6 Å². The lowest BCUT2D eigenvalue weighted by Gasteiger charge is -2.34. The van der Waals surface area contributed by atoms with Crippen molar-refractivity contribution in [3.05, 3.63) is 48.0 Å². The van der Waals surface area contributed by atoms with Gasteiger partial charge in [0.05, 0.1) is 27.7 Å². The van der Waals surface area contributed by atoms with Gasteiger partial charge in [0.1, 0.15) is 5.52 Å². The Morgan fingerprint density at radius 3 is 2.22 bits per heavy atom. The van der Waals surface area contributed by atoms with Crippen LogP contribution in [-0.4, -0.2) is 95.7 Å². The quantitative estimate of drug-likeness (QED) is 0.471. The molecule has 0 spiro atoms. The first kappa shape index (κ1) is 25.1. The van der Waals surface area contributed by atoms with Gasteiger partial charge in [-0.3, -0.25) is 4.79 Å². The van der Waals surface area contributed by atoms with Crippen LogP contribution in [0.4, 0.5) is 5.13 Å². The summed E-state index contributed by atoms with van der Waals surface area (Å²) in [5, 5.41) is 0.728.